The number of nitrogens with zero attached hydrogens (tertiary/aromatic N) is 1. The summed E-state index contributed by atoms with van der Waals surface area (Å²) < 4.78 is 0. The molecule has 0 saturated carbocycles. The smallest absolute Gasteiger partial charge is 0.0175 e. The largest absolute Gasteiger partial charge is 0.375 e. The lowest BCUT2D eigenvalue weighted by molar-refractivity contribution is 0.236. The number of likely N-dealkylation sites (tertiary alicyclic amines) is 1. The number of hydrogen-bond donors (Lipinski definition) is 0. The maximum Gasteiger partial charge on any atom is 0.0175 e. The van der Waals surface area contributed by atoms with Crippen LogP contribution in [-0.4, -0.2) is 18.0 Å². The summed E-state index contributed by atoms with van der Waals surface area (Å²) in [7, 11) is 0. The molecule has 1 heteroatoms. The van der Waals surface area contributed by atoms with Crippen molar-refractivity contribution in [1.29, 1.82) is 0 Å². The van der Waals surface area contributed by atoms with Crippen LogP contribution in [0.15, 0.2) is 23.9 Å². The fourth-order valence-electron chi connectivity index (χ4n) is 2.92. The molecule has 0 spiro atoms. The van der Waals surface area contributed by atoms with Crippen molar-refractivity contribution in [2.24, 2.45) is 5.92 Å². The third-order valence-corrected chi connectivity index (χ3v) is 3.87. The van der Waals surface area contributed by atoms with E-state index in [0.29, 0.717) is 0 Å². The molecule has 0 aromatic carbocycles. The summed E-state index contributed by atoms with van der Waals surface area (Å²) in [5, 5.41) is 0. The lowest BCUT2D eigenvalue weighted by atomic mass is 9.88. The van der Waals surface area contributed by atoms with E-state index in [1.807, 2.05) is 0 Å². The molecule has 90 valence electrons. The molecular weight excluding hydrogens is 194 g/mol. The van der Waals surface area contributed by atoms with Gasteiger partial charge < -0.3 is 4.90 Å². The SMILES string of the molecule is CCCCCCN1CCCC2CC=CC=C21. The second-order valence-electron chi connectivity index (χ2n) is 5.14. The van der Waals surface area contributed by atoms with E-state index in [-0.39, 0.29) is 0 Å². The lowest BCUT2D eigenvalue weighted by Crippen LogP contribution is -2.34. The van der Waals surface area contributed by atoms with Crippen LogP contribution in [0.3, 0.4) is 0 Å². The highest BCUT2D eigenvalue weighted by Gasteiger charge is 2.24. The summed E-state index contributed by atoms with van der Waals surface area (Å²) in [4.78, 5) is 2.65. The quantitative estimate of drug-likeness (QED) is 0.629. The van der Waals surface area contributed by atoms with Crippen LogP contribution in [0.1, 0.15) is 51.9 Å². The molecule has 2 rings (SSSR count). The molecule has 0 aromatic rings. The van der Waals surface area contributed by atoms with Crippen molar-refractivity contribution >= 4 is 0 Å². The van der Waals surface area contributed by atoms with Gasteiger partial charge in [-0.05, 0) is 31.8 Å². The summed E-state index contributed by atoms with van der Waals surface area (Å²) in [6.45, 7) is 4.86. The van der Waals surface area contributed by atoms with Crippen LogP contribution in [0.2, 0.25) is 0 Å². The molecule has 1 atom stereocenters. The zero-order valence-corrected chi connectivity index (χ0v) is 10.6. The van der Waals surface area contributed by atoms with Gasteiger partial charge in [-0.2, -0.15) is 0 Å². The van der Waals surface area contributed by atoms with Crippen molar-refractivity contribution in [1.82, 2.24) is 4.90 Å². The Balaban J connectivity index is 1.83. The maximum atomic E-state index is 2.65. The third kappa shape index (κ3) is 2.90. The predicted molar refractivity (Wildman–Crippen MR) is 70.3 cm³/mol. The number of piperidine rings is 1. The zero-order valence-electron chi connectivity index (χ0n) is 10.6. The molecule has 1 aliphatic carbocycles. The Bertz CT molecular complexity index is 265. The Morgan fingerprint density at radius 2 is 2.25 bits per heavy atom. The zero-order chi connectivity index (χ0) is 11.2. The first-order valence-corrected chi connectivity index (χ1v) is 7.03. The van der Waals surface area contributed by atoms with E-state index in [1.54, 1.807) is 5.70 Å². The van der Waals surface area contributed by atoms with Crippen LogP contribution in [-0.2, 0) is 0 Å². The van der Waals surface area contributed by atoms with E-state index < -0.39 is 0 Å². The standard InChI is InChI=1S/C15H25N/c1-2-3-4-7-12-16-13-8-10-14-9-5-6-11-15(14)16/h5-6,11,14H,2-4,7-10,12-13H2,1H3. The highest BCUT2D eigenvalue weighted by atomic mass is 15.1. The minimum Gasteiger partial charge on any atom is -0.375 e. The molecule has 1 fully saturated rings. The van der Waals surface area contributed by atoms with Crippen LogP contribution >= 0.6 is 0 Å². The number of fused-ring (bicyclic) bond motifs is 1. The van der Waals surface area contributed by atoms with Gasteiger partial charge in [-0.1, -0.05) is 38.3 Å². The molecule has 1 nitrogen and oxygen atoms in total. The molecule has 1 heterocycles. The van der Waals surface area contributed by atoms with E-state index in [1.165, 1.54) is 58.0 Å². The van der Waals surface area contributed by atoms with Crippen LogP contribution in [0, 0.1) is 5.92 Å². The summed E-state index contributed by atoms with van der Waals surface area (Å²) in [5.41, 5.74) is 1.63. The fourth-order valence-corrected chi connectivity index (χ4v) is 2.92. The van der Waals surface area contributed by atoms with Crippen molar-refractivity contribution in [2.75, 3.05) is 13.1 Å². The van der Waals surface area contributed by atoms with Crippen molar-refractivity contribution in [3.8, 4) is 0 Å². The Hall–Kier alpha value is -0.720. The predicted octanol–water partition coefficient (Wildman–Crippen LogP) is 4.12. The molecular formula is C15H25N. The molecule has 1 unspecified atom stereocenters. The van der Waals surface area contributed by atoms with Gasteiger partial charge in [0, 0.05) is 24.7 Å². The van der Waals surface area contributed by atoms with Gasteiger partial charge in [0.1, 0.15) is 0 Å². The molecule has 1 saturated heterocycles. The Labute approximate surface area is 100 Å². The van der Waals surface area contributed by atoms with E-state index >= 15 is 0 Å². The topological polar surface area (TPSA) is 3.24 Å². The molecule has 0 N–H and O–H groups in total. The first-order chi connectivity index (χ1) is 7.92. The summed E-state index contributed by atoms with van der Waals surface area (Å²) in [6.07, 6.45) is 16.5. The van der Waals surface area contributed by atoms with Crippen molar-refractivity contribution < 1.29 is 0 Å². The van der Waals surface area contributed by atoms with Gasteiger partial charge in [-0.25, -0.2) is 0 Å². The molecule has 0 amide bonds. The lowest BCUT2D eigenvalue weighted by Gasteiger charge is -2.38. The van der Waals surface area contributed by atoms with Gasteiger partial charge in [-0.3, -0.25) is 0 Å². The Morgan fingerprint density at radius 3 is 3.12 bits per heavy atom. The van der Waals surface area contributed by atoms with Gasteiger partial charge in [0.05, 0.1) is 0 Å². The number of rotatable bonds is 5. The molecule has 0 aromatic heterocycles. The molecule has 16 heavy (non-hydrogen) atoms. The second kappa shape index (κ2) is 6.12. The monoisotopic (exact) mass is 219 g/mol. The average Bonchev–Trinajstić information content (AvgIpc) is 2.35. The van der Waals surface area contributed by atoms with Crippen LogP contribution in [0.4, 0.5) is 0 Å². The number of allylic oxidation sites excluding steroid dienone is 4. The second-order valence-corrected chi connectivity index (χ2v) is 5.14. The first kappa shape index (κ1) is 11.8. The van der Waals surface area contributed by atoms with Gasteiger partial charge >= 0.3 is 0 Å². The van der Waals surface area contributed by atoms with Gasteiger partial charge in [0.15, 0.2) is 0 Å². The highest BCUT2D eigenvalue weighted by molar-refractivity contribution is 5.21. The third-order valence-electron chi connectivity index (χ3n) is 3.87. The highest BCUT2D eigenvalue weighted by Crippen LogP contribution is 2.32. The van der Waals surface area contributed by atoms with E-state index in [2.05, 4.69) is 30.1 Å². The Morgan fingerprint density at radius 1 is 1.31 bits per heavy atom. The molecule has 2 aliphatic rings. The fraction of sp³-hybridized carbons (Fsp3) is 0.733. The number of unbranched alkanes of at least 4 members (excludes halogenated alkanes) is 3. The maximum absolute atomic E-state index is 2.65. The normalized spacial score (nSPS) is 24.2. The van der Waals surface area contributed by atoms with E-state index in [0.717, 1.165) is 5.92 Å². The molecule has 1 aliphatic heterocycles. The Kier molecular flexibility index (Phi) is 4.50. The average molecular weight is 219 g/mol. The van der Waals surface area contributed by atoms with Crippen molar-refractivity contribution in [2.45, 2.75) is 51.9 Å². The van der Waals surface area contributed by atoms with Crippen molar-refractivity contribution in [3.63, 3.8) is 0 Å². The van der Waals surface area contributed by atoms with Crippen LogP contribution < -0.4 is 0 Å². The van der Waals surface area contributed by atoms with E-state index in [4.69, 9.17) is 0 Å². The summed E-state index contributed by atoms with van der Waals surface area (Å²) in [5.74, 6) is 0.838. The number of hydrogen-bond acceptors (Lipinski definition) is 1. The van der Waals surface area contributed by atoms with Crippen molar-refractivity contribution in [3.05, 3.63) is 23.9 Å². The van der Waals surface area contributed by atoms with Gasteiger partial charge in [0.2, 0.25) is 0 Å². The summed E-state index contributed by atoms with van der Waals surface area (Å²) in [6, 6.07) is 0. The summed E-state index contributed by atoms with van der Waals surface area (Å²) >= 11 is 0. The van der Waals surface area contributed by atoms with Gasteiger partial charge in [-0.15, -0.1) is 0 Å². The minimum atomic E-state index is 0.838. The molecule has 0 radical (unpaired) electrons. The molecule has 0 bridgehead atoms. The van der Waals surface area contributed by atoms with E-state index in [9.17, 15) is 0 Å². The first-order valence-electron chi connectivity index (χ1n) is 7.03. The minimum absolute atomic E-state index is 0.838. The van der Waals surface area contributed by atoms with Gasteiger partial charge in [0.25, 0.3) is 0 Å². The van der Waals surface area contributed by atoms with Crippen LogP contribution in [0.25, 0.3) is 0 Å². The van der Waals surface area contributed by atoms with Crippen LogP contribution in [0.5, 0.6) is 0 Å².